The van der Waals surface area contributed by atoms with Crippen LogP contribution in [-0.4, -0.2) is 24.4 Å². The van der Waals surface area contributed by atoms with Crippen LogP contribution in [-0.2, 0) is 15.6 Å². The van der Waals surface area contributed by atoms with Crippen LogP contribution in [0.25, 0.3) is 0 Å². The van der Waals surface area contributed by atoms with Gasteiger partial charge in [-0.2, -0.15) is 18.3 Å². The van der Waals surface area contributed by atoms with Gasteiger partial charge in [0.1, 0.15) is 8.60 Å². The van der Waals surface area contributed by atoms with E-state index in [0.29, 0.717) is 0 Å². The maximum atomic E-state index is 11.9. The minimum atomic E-state index is -4.31. The van der Waals surface area contributed by atoms with Crippen molar-refractivity contribution in [2.24, 2.45) is 0 Å². The van der Waals surface area contributed by atoms with Crippen LogP contribution in [0.5, 0.6) is 0 Å². The molecule has 0 fully saturated rings. The fourth-order valence-corrected chi connectivity index (χ4v) is 3.40. The molecule has 1 aromatic rings. The maximum absolute atomic E-state index is 11.9. The smallest absolute Gasteiger partial charge is 0.270 e. The molecule has 0 aliphatic heterocycles. The Hall–Kier alpha value is -0.0300. The highest BCUT2D eigenvalue weighted by Crippen LogP contribution is 2.23. The van der Waals surface area contributed by atoms with Crippen LogP contribution >= 0.6 is 33.3 Å². The van der Waals surface area contributed by atoms with Gasteiger partial charge in [-0.3, -0.25) is 4.68 Å². The molecule has 1 rings (SSSR count). The second-order valence-electron chi connectivity index (χ2n) is 2.85. The zero-order valence-corrected chi connectivity index (χ0v) is 11.2. The van der Waals surface area contributed by atoms with Crippen molar-refractivity contribution >= 4 is 42.3 Å². The summed E-state index contributed by atoms with van der Waals surface area (Å²) in [6.45, 7) is -0.439. The Morgan fingerprint density at radius 3 is 2.44 bits per heavy atom. The van der Waals surface area contributed by atoms with E-state index in [1.807, 2.05) is 0 Å². The van der Waals surface area contributed by atoms with Crippen molar-refractivity contribution in [3.05, 3.63) is 9.90 Å². The first-order chi connectivity index (χ1) is 7.09. The number of aryl methyl sites for hydroxylation is 1. The molecule has 10 heteroatoms. The second-order valence-corrected chi connectivity index (χ2v) is 6.41. The largest absolute Gasteiger partial charge is 0.390 e. The van der Waals surface area contributed by atoms with Gasteiger partial charge in [-0.1, -0.05) is 0 Å². The second kappa shape index (κ2) is 4.69. The Morgan fingerprint density at radius 1 is 1.50 bits per heavy atom. The molecule has 1 heterocycles. The minimum Gasteiger partial charge on any atom is -0.270 e. The molecule has 0 saturated carbocycles. The Morgan fingerprint density at radius 2 is 2.06 bits per heavy atom. The van der Waals surface area contributed by atoms with Crippen molar-refractivity contribution in [3.8, 4) is 0 Å². The summed E-state index contributed by atoms with van der Waals surface area (Å²) >= 11 is 1.59. The first-order valence-corrected chi connectivity index (χ1v) is 7.23. The lowest BCUT2D eigenvalue weighted by Crippen LogP contribution is -2.12. The van der Waals surface area contributed by atoms with Gasteiger partial charge in [0, 0.05) is 23.4 Å². The number of hydrogen-bond acceptors (Lipinski definition) is 3. The Balaban J connectivity index is 2.87. The molecule has 1 aromatic heterocycles. The molecule has 0 bridgehead atoms. The molecule has 0 amide bonds. The highest BCUT2D eigenvalue weighted by atomic mass is 127. The third-order valence-electron chi connectivity index (χ3n) is 1.57. The fourth-order valence-electron chi connectivity index (χ4n) is 0.899. The first kappa shape index (κ1) is 14.0. The lowest BCUT2D eigenvalue weighted by molar-refractivity contribution is -0.137. The Bertz CT molecular complexity index is 484. The van der Waals surface area contributed by atoms with Gasteiger partial charge < -0.3 is 0 Å². The van der Waals surface area contributed by atoms with Gasteiger partial charge >= 0.3 is 6.18 Å². The molecule has 0 atom stereocenters. The molecule has 0 aliphatic carbocycles. The molecular formula is C6H5ClF3IN2O2S. The lowest BCUT2D eigenvalue weighted by Gasteiger charge is -2.05. The molecule has 0 unspecified atom stereocenters. The first-order valence-electron chi connectivity index (χ1n) is 3.84. The number of nitrogens with zero attached hydrogens (tertiary/aromatic N) is 2. The van der Waals surface area contributed by atoms with Crippen molar-refractivity contribution in [2.75, 3.05) is 0 Å². The molecule has 0 aliphatic rings. The quantitative estimate of drug-likeness (QED) is 0.590. The van der Waals surface area contributed by atoms with Gasteiger partial charge in [0.2, 0.25) is 0 Å². The summed E-state index contributed by atoms with van der Waals surface area (Å²) in [7, 11) is 1.09. The average molecular weight is 389 g/mol. The standard InChI is InChI=1S/C6H5ClF3IN2O2S/c7-16(14,15)4-3-13(12-5(4)11)2-1-6(8,9)10/h3H,1-2H2. The monoisotopic (exact) mass is 388 g/mol. The van der Waals surface area contributed by atoms with Crippen LogP contribution in [0.4, 0.5) is 13.2 Å². The number of rotatable bonds is 3. The van der Waals surface area contributed by atoms with Crippen molar-refractivity contribution in [3.63, 3.8) is 0 Å². The van der Waals surface area contributed by atoms with Gasteiger partial charge in [0.25, 0.3) is 9.05 Å². The van der Waals surface area contributed by atoms with Crippen LogP contribution in [0.1, 0.15) is 6.42 Å². The van der Waals surface area contributed by atoms with E-state index in [2.05, 4.69) is 5.10 Å². The number of hydrogen-bond donors (Lipinski definition) is 0. The van der Waals surface area contributed by atoms with Gasteiger partial charge in [-0.05, 0) is 22.6 Å². The van der Waals surface area contributed by atoms with Crippen LogP contribution in [0.2, 0.25) is 0 Å². The SMILES string of the molecule is O=S(=O)(Cl)c1cn(CCC(F)(F)F)nc1I. The summed E-state index contributed by atoms with van der Waals surface area (Å²) in [5.41, 5.74) is 0. The van der Waals surface area contributed by atoms with E-state index in [1.54, 1.807) is 22.6 Å². The molecule has 92 valence electrons. The zero-order chi connectivity index (χ0) is 12.6. The molecule has 0 saturated heterocycles. The predicted molar refractivity (Wildman–Crippen MR) is 58.7 cm³/mol. The third-order valence-corrected chi connectivity index (χ3v) is 4.06. The highest BCUT2D eigenvalue weighted by Gasteiger charge is 2.27. The van der Waals surface area contributed by atoms with Gasteiger partial charge in [-0.15, -0.1) is 0 Å². The molecule has 16 heavy (non-hydrogen) atoms. The topological polar surface area (TPSA) is 52.0 Å². The Labute approximate surface area is 107 Å². The normalized spacial score (nSPS) is 13.1. The van der Waals surface area contributed by atoms with Crippen LogP contribution in [0, 0.1) is 3.70 Å². The van der Waals surface area contributed by atoms with E-state index < -0.39 is 28.2 Å². The average Bonchev–Trinajstić information content (AvgIpc) is 2.41. The van der Waals surface area contributed by atoms with Gasteiger partial charge in [-0.25, -0.2) is 8.42 Å². The van der Waals surface area contributed by atoms with Crippen LogP contribution in [0.3, 0.4) is 0 Å². The third kappa shape index (κ3) is 4.09. The highest BCUT2D eigenvalue weighted by molar-refractivity contribution is 14.1. The summed E-state index contributed by atoms with van der Waals surface area (Å²) in [5.74, 6) is 0. The van der Waals surface area contributed by atoms with E-state index in [-0.39, 0.29) is 8.60 Å². The van der Waals surface area contributed by atoms with Crippen molar-refractivity contribution in [1.82, 2.24) is 9.78 Å². The summed E-state index contributed by atoms with van der Waals surface area (Å²) in [5, 5.41) is 3.62. The summed E-state index contributed by atoms with van der Waals surface area (Å²) in [4.78, 5) is -0.281. The molecular weight excluding hydrogens is 383 g/mol. The molecule has 4 nitrogen and oxygen atoms in total. The van der Waals surface area contributed by atoms with Crippen LogP contribution in [0.15, 0.2) is 11.1 Å². The predicted octanol–water partition coefficient (Wildman–Crippen LogP) is 2.37. The fraction of sp³-hybridized carbons (Fsp3) is 0.500. The molecule has 0 aromatic carbocycles. The number of aromatic nitrogens is 2. The zero-order valence-electron chi connectivity index (χ0n) is 7.50. The lowest BCUT2D eigenvalue weighted by atomic mass is 10.4. The van der Waals surface area contributed by atoms with Gasteiger partial charge in [0.15, 0.2) is 0 Å². The van der Waals surface area contributed by atoms with E-state index >= 15 is 0 Å². The summed E-state index contributed by atoms with van der Waals surface area (Å²) in [6.07, 6.45) is -4.40. The Kier molecular flexibility index (Phi) is 4.11. The maximum Gasteiger partial charge on any atom is 0.390 e. The molecule has 0 N–H and O–H groups in total. The minimum absolute atomic E-state index is 0.0507. The van der Waals surface area contributed by atoms with E-state index in [9.17, 15) is 21.6 Å². The van der Waals surface area contributed by atoms with E-state index in [0.717, 1.165) is 10.9 Å². The van der Waals surface area contributed by atoms with E-state index in [4.69, 9.17) is 10.7 Å². The molecule has 0 radical (unpaired) electrons. The van der Waals surface area contributed by atoms with E-state index in [1.165, 1.54) is 0 Å². The molecule has 0 spiro atoms. The number of halogens is 5. The van der Waals surface area contributed by atoms with Crippen molar-refractivity contribution in [2.45, 2.75) is 24.0 Å². The number of alkyl halides is 3. The summed E-state index contributed by atoms with van der Waals surface area (Å²) < 4.78 is 58.6. The summed E-state index contributed by atoms with van der Waals surface area (Å²) in [6, 6.07) is 0. The van der Waals surface area contributed by atoms with Crippen LogP contribution < -0.4 is 0 Å². The van der Waals surface area contributed by atoms with Crippen molar-refractivity contribution in [1.29, 1.82) is 0 Å². The van der Waals surface area contributed by atoms with Gasteiger partial charge in [0.05, 0.1) is 6.42 Å². The van der Waals surface area contributed by atoms with Crippen molar-refractivity contribution < 1.29 is 21.6 Å².